The van der Waals surface area contributed by atoms with Gasteiger partial charge in [0.05, 0.1) is 12.1 Å². The predicted molar refractivity (Wildman–Crippen MR) is 68.3 cm³/mol. The van der Waals surface area contributed by atoms with Gasteiger partial charge < -0.3 is 15.3 Å². The van der Waals surface area contributed by atoms with Gasteiger partial charge in [-0.15, -0.1) is 0 Å². The summed E-state index contributed by atoms with van der Waals surface area (Å²) >= 11 is 0. The Bertz CT molecular complexity index is 477. The van der Waals surface area contributed by atoms with Gasteiger partial charge in [-0.05, 0) is 18.6 Å². The molecular formula is C13H17FN2O3. The van der Waals surface area contributed by atoms with Crippen LogP contribution in [0.2, 0.25) is 0 Å². The summed E-state index contributed by atoms with van der Waals surface area (Å²) in [7, 11) is 1.44. The van der Waals surface area contributed by atoms with E-state index >= 15 is 0 Å². The Morgan fingerprint density at radius 1 is 1.42 bits per heavy atom. The molecule has 0 aliphatic rings. The fraction of sp³-hybridized carbons (Fsp3) is 0.385. The van der Waals surface area contributed by atoms with E-state index in [0.717, 1.165) is 23.5 Å². The van der Waals surface area contributed by atoms with Gasteiger partial charge in [-0.2, -0.15) is 0 Å². The van der Waals surface area contributed by atoms with Crippen LogP contribution in [0.1, 0.15) is 23.7 Å². The number of carbonyl (C=O) groups excluding carboxylic acids is 2. The summed E-state index contributed by atoms with van der Waals surface area (Å²) in [5.41, 5.74) is -0.0350. The van der Waals surface area contributed by atoms with Crippen molar-refractivity contribution in [2.75, 3.05) is 20.1 Å². The van der Waals surface area contributed by atoms with Gasteiger partial charge in [0.1, 0.15) is 11.6 Å². The summed E-state index contributed by atoms with van der Waals surface area (Å²) in [6.45, 7) is 2.35. The number of carbonyl (C=O) groups is 2. The molecule has 0 spiro atoms. The Morgan fingerprint density at radius 3 is 2.68 bits per heavy atom. The number of aromatic hydroxyl groups is 1. The Hall–Kier alpha value is -2.11. The molecule has 0 saturated carbocycles. The number of benzene rings is 1. The molecule has 2 amide bonds. The number of hydrogen-bond donors (Lipinski definition) is 2. The lowest BCUT2D eigenvalue weighted by Crippen LogP contribution is -2.38. The van der Waals surface area contributed by atoms with Crippen LogP contribution in [0.15, 0.2) is 18.2 Å². The first-order valence-electron chi connectivity index (χ1n) is 5.96. The summed E-state index contributed by atoms with van der Waals surface area (Å²) in [5, 5.41) is 12.1. The van der Waals surface area contributed by atoms with Gasteiger partial charge in [-0.3, -0.25) is 9.59 Å². The summed E-state index contributed by atoms with van der Waals surface area (Å²) in [6, 6.07) is 3.13. The number of hydrogen-bond acceptors (Lipinski definition) is 3. The number of nitrogens with one attached hydrogen (secondary N) is 1. The van der Waals surface area contributed by atoms with Crippen molar-refractivity contribution >= 4 is 11.8 Å². The molecule has 0 unspecified atom stereocenters. The molecule has 0 aromatic heterocycles. The Kier molecular flexibility index (Phi) is 5.29. The van der Waals surface area contributed by atoms with E-state index in [1.54, 1.807) is 0 Å². The monoisotopic (exact) mass is 268 g/mol. The van der Waals surface area contributed by atoms with E-state index in [4.69, 9.17) is 0 Å². The van der Waals surface area contributed by atoms with Crippen LogP contribution >= 0.6 is 0 Å². The molecule has 5 nitrogen and oxygen atoms in total. The number of phenolic OH excluding ortho intramolecular Hbond substituents is 1. The highest BCUT2D eigenvalue weighted by atomic mass is 19.1. The van der Waals surface area contributed by atoms with Gasteiger partial charge in [-0.25, -0.2) is 4.39 Å². The molecule has 0 atom stereocenters. The summed E-state index contributed by atoms with van der Waals surface area (Å²) in [4.78, 5) is 24.6. The van der Waals surface area contributed by atoms with E-state index in [0.29, 0.717) is 6.54 Å². The fourth-order valence-corrected chi connectivity index (χ4v) is 1.50. The Labute approximate surface area is 111 Å². The van der Waals surface area contributed by atoms with Crippen molar-refractivity contribution in [3.63, 3.8) is 0 Å². The third-order valence-electron chi connectivity index (χ3n) is 2.49. The minimum absolute atomic E-state index is 0.0350. The van der Waals surface area contributed by atoms with Crippen molar-refractivity contribution in [1.29, 1.82) is 0 Å². The smallest absolute Gasteiger partial charge is 0.257 e. The lowest BCUT2D eigenvalue weighted by Gasteiger charge is -2.17. The van der Waals surface area contributed by atoms with Crippen molar-refractivity contribution in [2.45, 2.75) is 13.3 Å². The molecule has 0 radical (unpaired) electrons. The third-order valence-corrected chi connectivity index (χ3v) is 2.49. The molecule has 0 saturated heterocycles. The maximum atomic E-state index is 12.8. The highest BCUT2D eigenvalue weighted by Gasteiger charge is 2.18. The Morgan fingerprint density at radius 2 is 2.11 bits per heavy atom. The van der Waals surface area contributed by atoms with Crippen molar-refractivity contribution < 1.29 is 19.1 Å². The quantitative estimate of drug-likeness (QED) is 0.841. The summed E-state index contributed by atoms with van der Waals surface area (Å²) < 4.78 is 12.8. The van der Waals surface area contributed by atoms with Gasteiger partial charge in [0.2, 0.25) is 5.91 Å². The summed E-state index contributed by atoms with van der Waals surface area (Å²) in [5.74, 6) is -1.88. The lowest BCUT2D eigenvalue weighted by atomic mass is 10.1. The van der Waals surface area contributed by atoms with Crippen molar-refractivity contribution in [3.8, 4) is 5.75 Å². The maximum Gasteiger partial charge on any atom is 0.257 e. The first-order valence-corrected chi connectivity index (χ1v) is 5.96. The molecule has 104 valence electrons. The maximum absolute atomic E-state index is 12.8. The van der Waals surface area contributed by atoms with E-state index in [1.165, 1.54) is 13.1 Å². The highest BCUT2D eigenvalue weighted by molar-refractivity contribution is 5.98. The van der Waals surface area contributed by atoms with Crippen LogP contribution in [0.5, 0.6) is 5.75 Å². The molecule has 1 aromatic carbocycles. The second-order valence-electron chi connectivity index (χ2n) is 4.17. The molecular weight excluding hydrogens is 251 g/mol. The van der Waals surface area contributed by atoms with Crippen LogP contribution in [-0.4, -0.2) is 42.0 Å². The zero-order valence-electron chi connectivity index (χ0n) is 10.9. The van der Waals surface area contributed by atoms with Crippen LogP contribution in [0.25, 0.3) is 0 Å². The molecule has 1 rings (SSSR count). The minimum atomic E-state index is -0.627. The third kappa shape index (κ3) is 4.24. The number of halogens is 1. The van der Waals surface area contributed by atoms with Gasteiger partial charge >= 0.3 is 0 Å². The zero-order valence-corrected chi connectivity index (χ0v) is 10.9. The van der Waals surface area contributed by atoms with E-state index in [2.05, 4.69) is 5.32 Å². The first kappa shape index (κ1) is 14.9. The first-order chi connectivity index (χ1) is 8.95. The zero-order chi connectivity index (χ0) is 14.4. The number of phenols is 1. The SMILES string of the molecule is CCCNC(=O)CN(C)C(=O)c1ccc(F)cc1O. The second-order valence-corrected chi connectivity index (χ2v) is 4.17. The van der Waals surface area contributed by atoms with E-state index in [-0.39, 0.29) is 18.0 Å². The molecule has 0 fully saturated rings. The highest BCUT2D eigenvalue weighted by Crippen LogP contribution is 2.19. The van der Waals surface area contributed by atoms with E-state index in [9.17, 15) is 19.1 Å². The number of nitrogens with zero attached hydrogens (tertiary/aromatic N) is 1. The standard InChI is InChI=1S/C13H17FN2O3/c1-3-6-15-12(18)8-16(2)13(19)10-5-4-9(14)7-11(10)17/h4-5,7,17H,3,6,8H2,1-2H3,(H,15,18). The van der Waals surface area contributed by atoms with Crippen molar-refractivity contribution in [3.05, 3.63) is 29.6 Å². The number of likely N-dealkylation sites (N-methyl/N-ethyl adjacent to an activating group) is 1. The number of rotatable bonds is 5. The molecule has 1 aromatic rings. The van der Waals surface area contributed by atoms with Crippen LogP contribution < -0.4 is 5.32 Å². The normalized spacial score (nSPS) is 10.1. The van der Waals surface area contributed by atoms with Gasteiger partial charge in [0.15, 0.2) is 0 Å². The van der Waals surface area contributed by atoms with Crippen LogP contribution in [-0.2, 0) is 4.79 Å². The fourth-order valence-electron chi connectivity index (χ4n) is 1.50. The van der Waals surface area contributed by atoms with Crippen LogP contribution in [0, 0.1) is 5.82 Å². The molecule has 6 heteroatoms. The van der Waals surface area contributed by atoms with Crippen molar-refractivity contribution in [1.82, 2.24) is 10.2 Å². The Balaban J connectivity index is 2.69. The topological polar surface area (TPSA) is 69.6 Å². The van der Waals surface area contributed by atoms with Crippen LogP contribution in [0.3, 0.4) is 0 Å². The number of amides is 2. The lowest BCUT2D eigenvalue weighted by molar-refractivity contribution is -0.121. The minimum Gasteiger partial charge on any atom is -0.507 e. The largest absolute Gasteiger partial charge is 0.507 e. The average molecular weight is 268 g/mol. The molecule has 2 N–H and O–H groups in total. The van der Waals surface area contributed by atoms with Gasteiger partial charge in [-0.1, -0.05) is 6.92 Å². The molecule has 0 aliphatic carbocycles. The van der Waals surface area contributed by atoms with E-state index < -0.39 is 17.5 Å². The summed E-state index contributed by atoms with van der Waals surface area (Å²) in [6.07, 6.45) is 0.808. The average Bonchev–Trinajstić information content (AvgIpc) is 2.35. The molecule has 19 heavy (non-hydrogen) atoms. The van der Waals surface area contributed by atoms with E-state index in [1.807, 2.05) is 6.92 Å². The second kappa shape index (κ2) is 6.72. The van der Waals surface area contributed by atoms with Crippen LogP contribution in [0.4, 0.5) is 4.39 Å². The van der Waals surface area contributed by atoms with Gasteiger partial charge in [0, 0.05) is 19.7 Å². The molecule has 0 aliphatic heterocycles. The predicted octanol–water partition coefficient (Wildman–Crippen LogP) is 1.13. The molecule has 0 bridgehead atoms. The van der Waals surface area contributed by atoms with Crippen molar-refractivity contribution in [2.24, 2.45) is 0 Å². The molecule has 0 heterocycles. The van der Waals surface area contributed by atoms with Gasteiger partial charge in [0.25, 0.3) is 5.91 Å².